The van der Waals surface area contributed by atoms with Crippen LogP contribution in [-0.2, 0) is 33.4 Å². The molecular weight excluding hydrogens is 452 g/mol. The van der Waals surface area contributed by atoms with Gasteiger partial charge in [-0.3, -0.25) is 19.2 Å². The summed E-state index contributed by atoms with van der Waals surface area (Å²) >= 11 is 0. The molecule has 0 aromatic heterocycles. The third kappa shape index (κ3) is 6.21. The number of ether oxygens (including phenoxy) is 3. The van der Waals surface area contributed by atoms with Gasteiger partial charge in [-0.1, -0.05) is 38.5 Å². The molecule has 0 spiro atoms. The van der Waals surface area contributed by atoms with E-state index in [1.807, 2.05) is 13.8 Å². The molecule has 0 radical (unpaired) electrons. The van der Waals surface area contributed by atoms with Crippen molar-refractivity contribution >= 4 is 23.7 Å². The smallest absolute Gasteiger partial charge is 0.312 e. The Morgan fingerprint density at radius 3 is 2.43 bits per heavy atom. The highest BCUT2D eigenvalue weighted by atomic mass is 16.6. The van der Waals surface area contributed by atoms with Gasteiger partial charge in [-0.05, 0) is 39.0 Å². The highest BCUT2D eigenvalue weighted by Gasteiger charge is 2.60. The normalized spacial score (nSPS) is 35.3. The average molecular weight is 493 g/mol. The number of ketones is 1. The first-order chi connectivity index (χ1) is 16.4. The van der Waals surface area contributed by atoms with Gasteiger partial charge in [0.15, 0.2) is 5.78 Å². The minimum absolute atomic E-state index is 0.114. The van der Waals surface area contributed by atoms with Crippen molar-refractivity contribution in [3.05, 3.63) is 23.3 Å². The molecule has 0 aliphatic heterocycles. The van der Waals surface area contributed by atoms with Gasteiger partial charge in [0.1, 0.15) is 12.2 Å². The quantitative estimate of drug-likeness (QED) is 0.441. The molecule has 35 heavy (non-hydrogen) atoms. The number of carbonyl (C=O) groups is 4. The molecule has 0 heterocycles. The fourth-order valence-electron chi connectivity index (χ4n) is 5.50. The Kier molecular flexibility index (Phi) is 9.84. The molecule has 0 saturated heterocycles. The first-order valence-corrected chi connectivity index (χ1v) is 12.4. The summed E-state index contributed by atoms with van der Waals surface area (Å²) in [5.41, 5.74) is 0.0616. The minimum Gasteiger partial charge on any atom is -0.469 e. The summed E-state index contributed by atoms with van der Waals surface area (Å²) in [4.78, 5) is 51.4. The Morgan fingerprint density at radius 2 is 1.86 bits per heavy atom. The van der Waals surface area contributed by atoms with Gasteiger partial charge in [-0.25, -0.2) is 0 Å². The van der Waals surface area contributed by atoms with Crippen molar-refractivity contribution in [1.82, 2.24) is 0 Å². The second-order valence-electron chi connectivity index (χ2n) is 10.1. The summed E-state index contributed by atoms with van der Waals surface area (Å²) in [6.07, 6.45) is 2.85. The van der Waals surface area contributed by atoms with E-state index in [1.54, 1.807) is 32.9 Å². The highest BCUT2D eigenvalue weighted by Crippen LogP contribution is 2.52. The van der Waals surface area contributed by atoms with Crippen LogP contribution >= 0.6 is 0 Å². The van der Waals surface area contributed by atoms with Gasteiger partial charge in [0.05, 0.1) is 24.5 Å². The van der Waals surface area contributed by atoms with Gasteiger partial charge >= 0.3 is 17.9 Å². The fraction of sp³-hybridized carbons (Fsp3) is 0.704. The van der Waals surface area contributed by atoms with Gasteiger partial charge in [0.25, 0.3) is 0 Å². The van der Waals surface area contributed by atoms with E-state index < -0.39 is 53.4 Å². The van der Waals surface area contributed by atoms with Crippen molar-refractivity contribution in [3.63, 3.8) is 0 Å². The lowest BCUT2D eigenvalue weighted by molar-refractivity contribution is -0.205. The number of hydrogen-bond acceptors (Lipinski definition) is 8. The maximum absolute atomic E-state index is 14.2. The molecular formula is C27H40O8. The number of methoxy groups -OCH3 is 1. The Morgan fingerprint density at radius 1 is 1.20 bits per heavy atom. The number of aliphatic hydroxyl groups is 1. The van der Waals surface area contributed by atoms with E-state index in [0.29, 0.717) is 19.3 Å². The molecule has 1 saturated carbocycles. The molecule has 8 nitrogen and oxygen atoms in total. The van der Waals surface area contributed by atoms with Crippen LogP contribution in [0.1, 0.15) is 73.6 Å². The van der Waals surface area contributed by atoms with E-state index in [2.05, 4.69) is 0 Å². The molecule has 0 amide bonds. The summed E-state index contributed by atoms with van der Waals surface area (Å²) in [6, 6.07) is 0. The molecule has 0 unspecified atom stereocenters. The molecule has 2 rings (SSSR count). The van der Waals surface area contributed by atoms with E-state index in [4.69, 9.17) is 14.2 Å². The van der Waals surface area contributed by atoms with E-state index in [-0.39, 0.29) is 30.2 Å². The van der Waals surface area contributed by atoms with Gasteiger partial charge < -0.3 is 19.3 Å². The van der Waals surface area contributed by atoms with E-state index >= 15 is 0 Å². The minimum atomic E-state index is -1.13. The summed E-state index contributed by atoms with van der Waals surface area (Å²) in [5, 5.41) is 10.9. The molecule has 196 valence electrons. The van der Waals surface area contributed by atoms with Crippen LogP contribution in [0.15, 0.2) is 23.3 Å². The van der Waals surface area contributed by atoms with Crippen LogP contribution in [0.5, 0.6) is 0 Å². The Labute approximate surface area is 208 Å². The maximum Gasteiger partial charge on any atom is 0.312 e. The van der Waals surface area contributed by atoms with Crippen LogP contribution in [0.2, 0.25) is 0 Å². The van der Waals surface area contributed by atoms with E-state index in [0.717, 1.165) is 5.57 Å². The molecule has 8 heteroatoms. The fourth-order valence-corrected chi connectivity index (χ4v) is 5.50. The van der Waals surface area contributed by atoms with Crippen molar-refractivity contribution in [2.45, 2.75) is 92.0 Å². The van der Waals surface area contributed by atoms with Crippen molar-refractivity contribution in [3.8, 4) is 0 Å². The van der Waals surface area contributed by atoms with Crippen LogP contribution in [0.4, 0.5) is 0 Å². The largest absolute Gasteiger partial charge is 0.469 e. The molecule has 2 aliphatic carbocycles. The zero-order valence-corrected chi connectivity index (χ0v) is 22.0. The molecule has 1 N–H and O–H groups in total. The van der Waals surface area contributed by atoms with Crippen molar-refractivity contribution < 1.29 is 38.5 Å². The van der Waals surface area contributed by atoms with Gasteiger partial charge in [-0.15, -0.1) is 0 Å². The second-order valence-corrected chi connectivity index (χ2v) is 10.1. The van der Waals surface area contributed by atoms with Crippen LogP contribution in [-0.4, -0.2) is 54.2 Å². The lowest BCUT2D eigenvalue weighted by atomic mass is 9.54. The van der Waals surface area contributed by atoms with Gasteiger partial charge in [0, 0.05) is 31.3 Å². The summed E-state index contributed by atoms with van der Waals surface area (Å²) in [7, 11) is 1.27. The van der Waals surface area contributed by atoms with E-state index in [1.165, 1.54) is 14.0 Å². The summed E-state index contributed by atoms with van der Waals surface area (Å²) in [6.45, 7) is 10.2. The standard InChI is InChI=1S/C27H40O8/c1-8-9-23(30)35-21-13-11-15(2)10-12-19(16(3)26(32)33-7)25(31)24-17(4)20(29)14-22(27(21,24)6)34-18(5)28/h10,12,16-17,20-22,24,29H,8-9,11,13-14H2,1-7H3/b15-10-,19-12+/t16-,17-,20-,21+,22+,24-,27+/m1/s1. The second kappa shape index (κ2) is 12.0. The SMILES string of the molecule is CCCC(=O)O[C@H]1CC/C(C)=C\C=C(/[C@@H](C)C(=O)OC)C(=O)[C@H]2[C@H](C)[C@H](O)C[C@H](OC(C)=O)[C@]12C. The number of allylic oxidation sites excluding steroid dienone is 3. The summed E-state index contributed by atoms with van der Waals surface area (Å²) < 4.78 is 16.6. The van der Waals surface area contributed by atoms with Crippen LogP contribution in [0.3, 0.4) is 0 Å². The molecule has 2 aliphatic rings. The molecule has 7 atom stereocenters. The van der Waals surface area contributed by atoms with Gasteiger partial charge in [-0.2, -0.15) is 0 Å². The number of hydrogen-bond donors (Lipinski definition) is 1. The monoisotopic (exact) mass is 492 g/mol. The zero-order chi connectivity index (χ0) is 26.5. The Bertz CT molecular complexity index is 888. The highest BCUT2D eigenvalue weighted by molar-refractivity contribution is 6.02. The number of rotatable bonds is 6. The predicted molar refractivity (Wildman–Crippen MR) is 129 cm³/mol. The van der Waals surface area contributed by atoms with Crippen molar-refractivity contribution in [2.75, 3.05) is 7.11 Å². The Hall–Kier alpha value is -2.48. The van der Waals surface area contributed by atoms with Crippen molar-refractivity contribution in [2.24, 2.45) is 23.2 Å². The number of fused-ring (bicyclic) bond motifs is 1. The number of aliphatic hydroxyl groups excluding tert-OH is 1. The number of carbonyl (C=O) groups excluding carboxylic acids is 4. The van der Waals surface area contributed by atoms with Gasteiger partial charge in [0.2, 0.25) is 0 Å². The maximum atomic E-state index is 14.2. The average Bonchev–Trinajstić information content (AvgIpc) is 2.78. The number of esters is 3. The third-order valence-electron chi connectivity index (χ3n) is 7.62. The lowest BCUT2D eigenvalue weighted by Crippen LogP contribution is -2.61. The first kappa shape index (κ1) is 28.8. The van der Waals surface area contributed by atoms with Crippen LogP contribution < -0.4 is 0 Å². The van der Waals surface area contributed by atoms with E-state index in [9.17, 15) is 24.3 Å². The van der Waals surface area contributed by atoms with Crippen LogP contribution in [0, 0.1) is 23.2 Å². The zero-order valence-electron chi connectivity index (χ0n) is 22.0. The summed E-state index contributed by atoms with van der Waals surface area (Å²) in [5.74, 6) is -4.10. The topological polar surface area (TPSA) is 116 Å². The third-order valence-corrected chi connectivity index (χ3v) is 7.62. The molecule has 0 aromatic carbocycles. The first-order valence-electron chi connectivity index (χ1n) is 12.4. The predicted octanol–water partition coefficient (Wildman–Crippen LogP) is 3.70. The molecule has 1 fully saturated rings. The number of Topliss-reactive ketones (excluding diaryl/α,β-unsaturated/α-hetero) is 1. The Balaban J connectivity index is 2.76. The molecule has 0 bridgehead atoms. The molecule has 0 aromatic rings. The lowest BCUT2D eigenvalue weighted by Gasteiger charge is -2.53. The van der Waals surface area contributed by atoms with Crippen molar-refractivity contribution in [1.29, 1.82) is 0 Å². The van der Waals surface area contributed by atoms with Crippen LogP contribution in [0.25, 0.3) is 0 Å².